The zero-order valence-corrected chi connectivity index (χ0v) is 13.9. The Morgan fingerprint density at radius 3 is 2.80 bits per heavy atom. The molecule has 0 saturated heterocycles. The van der Waals surface area contributed by atoms with E-state index < -0.39 is 0 Å². The van der Waals surface area contributed by atoms with Crippen molar-refractivity contribution in [2.24, 2.45) is 0 Å². The molecule has 5 nitrogen and oxygen atoms in total. The molecule has 3 aromatic rings. The molecular formula is C20H19N3O2. The van der Waals surface area contributed by atoms with Crippen LogP contribution in [0.5, 0.6) is 0 Å². The molecule has 126 valence electrons. The second kappa shape index (κ2) is 6.89. The molecule has 0 radical (unpaired) electrons. The van der Waals surface area contributed by atoms with Gasteiger partial charge in [-0.15, -0.1) is 0 Å². The van der Waals surface area contributed by atoms with Gasteiger partial charge in [-0.3, -0.25) is 4.79 Å². The molecular weight excluding hydrogens is 314 g/mol. The number of fused-ring (bicyclic) bond motifs is 1. The summed E-state index contributed by atoms with van der Waals surface area (Å²) in [5.41, 5.74) is 4.51. The zero-order chi connectivity index (χ0) is 17.1. The maximum atomic E-state index is 12.2. The molecule has 1 N–H and O–H groups in total. The third kappa shape index (κ3) is 3.60. The fourth-order valence-electron chi connectivity index (χ4n) is 3.15. The van der Waals surface area contributed by atoms with Crippen LogP contribution in [0.25, 0.3) is 11.4 Å². The van der Waals surface area contributed by atoms with Crippen molar-refractivity contribution in [1.29, 1.82) is 0 Å². The number of anilines is 1. The molecule has 1 aromatic heterocycles. The highest BCUT2D eigenvalue weighted by Crippen LogP contribution is 2.25. The van der Waals surface area contributed by atoms with E-state index in [0.29, 0.717) is 24.6 Å². The van der Waals surface area contributed by atoms with Gasteiger partial charge in [0.15, 0.2) is 0 Å². The van der Waals surface area contributed by atoms with Crippen LogP contribution in [0.1, 0.15) is 29.9 Å². The summed E-state index contributed by atoms with van der Waals surface area (Å²) in [7, 11) is 0. The van der Waals surface area contributed by atoms with Crippen LogP contribution in [-0.2, 0) is 24.1 Å². The van der Waals surface area contributed by atoms with Crippen molar-refractivity contribution in [3.8, 4) is 11.4 Å². The summed E-state index contributed by atoms with van der Waals surface area (Å²) in [4.78, 5) is 16.5. The number of rotatable bonds is 5. The average Bonchev–Trinajstić information content (AvgIpc) is 3.30. The van der Waals surface area contributed by atoms with Crippen LogP contribution in [0.15, 0.2) is 53.1 Å². The average molecular weight is 333 g/mol. The summed E-state index contributed by atoms with van der Waals surface area (Å²) in [6.07, 6.45) is 4.19. The van der Waals surface area contributed by atoms with Gasteiger partial charge >= 0.3 is 0 Å². The normalized spacial score (nSPS) is 12.8. The lowest BCUT2D eigenvalue weighted by atomic mass is 10.1. The lowest BCUT2D eigenvalue weighted by Crippen LogP contribution is -2.12. The lowest BCUT2D eigenvalue weighted by molar-refractivity contribution is -0.116. The number of carbonyl (C=O) groups excluding carboxylic acids is 1. The molecule has 1 amide bonds. The van der Waals surface area contributed by atoms with Crippen LogP contribution in [0.2, 0.25) is 0 Å². The Balaban J connectivity index is 1.34. The number of amides is 1. The topological polar surface area (TPSA) is 68.0 Å². The van der Waals surface area contributed by atoms with Crippen molar-refractivity contribution >= 4 is 11.6 Å². The molecule has 0 spiro atoms. The lowest BCUT2D eigenvalue weighted by Gasteiger charge is -2.06. The summed E-state index contributed by atoms with van der Waals surface area (Å²) in [6.45, 7) is 0. The van der Waals surface area contributed by atoms with E-state index in [2.05, 4.69) is 27.6 Å². The van der Waals surface area contributed by atoms with E-state index in [1.54, 1.807) is 0 Å². The number of benzene rings is 2. The minimum absolute atomic E-state index is 0.0441. The number of aromatic nitrogens is 2. The molecule has 0 fully saturated rings. The van der Waals surface area contributed by atoms with Crippen molar-refractivity contribution < 1.29 is 9.32 Å². The van der Waals surface area contributed by atoms with E-state index in [4.69, 9.17) is 4.52 Å². The van der Waals surface area contributed by atoms with Gasteiger partial charge in [0.05, 0.1) is 0 Å². The molecule has 1 aliphatic rings. The van der Waals surface area contributed by atoms with E-state index in [1.165, 1.54) is 17.5 Å². The van der Waals surface area contributed by atoms with Crippen LogP contribution in [0.3, 0.4) is 0 Å². The van der Waals surface area contributed by atoms with E-state index in [1.807, 2.05) is 36.4 Å². The fourth-order valence-corrected chi connectivity index (χ4v) is 3.15. The molecule has 0 saturated carbocycles. The highest BCUT2D eigenvalue weighted by molar-refractivity contribution is 5.90. The second-order valence-electron chi connectivity index (χ2n) is 6.26. The Labute approximate surface area is 146 Å². The quantitative estimate of drug-likeness (QED) is 0.771. The van der Waals surface area contributed by atoms with Crippen molar-refractivity contribution in [3.05, 3.63) is 65.5 Å². The molecule has 2 aromatic carbocycles. The standard InChI is InChI=1S/C20H19N3O2/c24-18(21-17-10-9-14-7-4-8-16(14)13-17)11-12-19-22-20(23-25-19)15-5-2-1-3-6-15/h1-3,5-6,9-10,13H,4,7-8,11-12H2,(H,21,24). The summed E-state index contributed by atoms with van der Waals surface area (Å²) in [5.74, 6) is 0.981. The minimum Gasteiger partial charge on any atom is -0.339 e. The SMILES string of the molecule is O=C(CCc1nc(-c2ccccc2)no1)Nc1ccc2c(c1)CCC2. The van der Waals surface area contributed by atoms with E-state index in [-0.39, 0.29) is 5.91 Å². The number of carbonyl (C=O) groups is 1. The molecule has 0 unspecified atom stereocenters. The van der Waals surface area contributed by atoms with Crippen molar-refractivity contribution in [2.45, 2.75) is 32.1 Å². The zero-order valence-electron chi connectivity index (χ0n) is 13.9. The Hall–Kier alpha value is -2.95. The molecule has 1 aliphatic carbocycles. The molecule has 4 rings (SSSR count). The van der Waals surface area contributed by atoms with Gasteiger partial charge in [-0.05, 0) is 42.5 Å². The van der Waals surface area contributed by atoms with Gasteiger partial charge in [-0.2, -0.15) is 4.98 Å². The number of hydrogen-bond acceptors (Lipinski definition) is 4. The Morgan fingerprint density at radius 2 is 1.92 bits per heavy atom. The molecule has 1 heterocycles. The maximum Gasteiger partial charge on any atom is 0.227 e. The molecule has 0 atom stereocenters. The summed E-state index contributed by atoms with van der Waals surface area (Å²) < 4.78 is 5.24. The molecule has 0 bridgehead atoms. The van der Waals surface area contributed by atoms with Gasteiger partial charge in [0.2, 0.25) is 17.6 Å². The van der Waals surface area contributed by atoms with Gasteiger partial charge < -0.3 is 9.84 Å². The smallest absolute Gasteiger partial charge is 0.227 e. The van der Waals surface area contributed by atoms with Gasteiger partial charge in [0, 0.05) is 24.1 Å². The Kier molecular flexibility index (Phi) is 4.29. The predicted molar refractivity (Wildman–Crippen MR) is 95.2 cm³/mol. The first-order chi connectivity index (χ1) is 12.3. The summed E-state index contributed by atoms with van der Waals surface area (Å²) in [6, 6.07) is 15.8. The minimum atomic E-state index is -0.0441. The van der Waals surface area contributed by atoms with Crippen LogP contribution >= 0.6 is 0 Å². The van der Waals surface area contributed by atoms with Crippen molar-refractivity contribution in [1.82, 2.24) is 10.1 Å². The van der Waals surface area contributed by atoms with Gasteiger partial charge in [-0.25, -0.2) is 0 Å². The number of nitrogens with zero attached hydrogens (tertiary/aromatic N) is 2. The molecule has 25 heavy (non-hydrogen) atoms. The van der Waals surface area contributed by atoms with Gasteiger partial charge in [-0.1, -0.05) is 41.6 Å². The number of nitrogens with one attached hydrogen (secondary N) is 1. The van der Waals surface area contributed by atoms with Gasteiger partial charge in [0.1, 0.15) is 0 Å². The van der Waals surface area contributed by atoms with Gasteiger partial charge in [0.25, 0.3) is 0 Å². The van der Waals surface area contributed by atoms with Crippen LogP contribution < -0.4 is 5.32 Å². The third-order valence-corrected chi connectivity index (χ3v) is 4.45. The monoisotopic (exact) mass is 333 g/mol. The van der Waals surface area contributed by atoms with Crippen LogP contribution in [-0.4, -0.2) is 16.0 Å². The van der Waals surface area contributed by atoms with E-state index in [0.717, 1.165) is 24.1 Å². The summed E-state index contributed by atoms with van der Waals surface area (Å²) in [5, 5.41) is 6.92. The van der Waals surface area contributed by atoms with Crippen molar-refractivity contribution in [3.63, 3.8) is 0 Å². The summed E-state index contributed by atoms with van der Waals surface area (Å²) >= 11 is 0. The van der Waals surface area contributed by atoms with Crippen LogP contribution in [0.4, 0.5) is 5.69 Å². The van der Waals surface area contributed by atoms with E-state index >= 15 is 0 Å². The van der Waals surface area contributed by atoms with Crippen molar-refractivity contribution in [2.75, 3.05) is 5.32 Å². The highest BCUT2D eigenvalue weighted by atomic mass is 16.5. The third-order valence-electron chi connectivity index (χ3n) is 4.45. The fraction of sp³-hybridized carbons (Fsp3) is 0.250. The Bertz CT molecular complexity index is 887. The maximum absolute atomic E-state index is 12.2. The largest absolute Gasteiger partial charge is 0.339 e. The second-order valence-corrected chi connectivity index (χ2v) is 6.26. The van der Waals surface area contributed by atoms with Crippen LogP contribution in [0, 0.1) is 0 Å². The molecule has 5 heteroatoms. The van der Waals surface area contributed by atoms with E-state index in [9.17, 15) is 4.79 Å². The Morgan fingerprint density at radius 1 is 1.08 bits per heavy atom. The first-order valence-electron chi connectivity index (χ1n) is 8.57. The number of aryl methyl sites for hydroxylation is 3. The first kappa shape index (κ1) is 15.6. The highest BCUT2D eigenvalue weighted by Gasteiger charge is 2.13. The number of hydrogen-bond donors (Lipinski definition) is 1. The predicted octanol–water partition coefficient (Wildman–Crippen LogP) is 3.80. The first-order valence-corrected chi connectivity index (χ1v) is 8.57. The molecule has 0 aliphatic heterocycles.